The van der Waals surface area contributed by atoms with E-state index in [1.54, 1.807) is 11.9 Å². The molecular weight excluding hydrogens is 304 g/mol. The molecule has 1 aromatic carbocycles. The average molecular weight is 324 g/mol. The molecule has 1 atom stereocenters. The zero-order valence-corrected chi connectivity index (χ0v) is 13.7. The third-order valence-corrected chi connectivity index (χ3v) is 5.03. The Hall–Kier alpha value is -2.63. The quantitative estimate of drug-likeness (QED) is 0.902. The first kappa shape index (κ1) is 14.9. The van der Waals surface area contributed by atoms with Crippen LogP contribution in [0.3, 0.4) is 0 Å². The van der Waals surface area contributed by atoms with E-state index >= 15 is 0 Å². The van der Waals surface area contributed by atoms with Crippen molar-refractivity contribution in [3.05, 3.63) is 63.3 Å². The lowest BCUT2D eigenvalue weighted by molar-refractivity contribution is 0.190. The number of nitrogens with zero attached hydrogens (tertiary/aromatic N) is 3. The molecule has 0 spiro atoms. The van der Waals surface area contributed by atoms with Crippen LogP contribution in [0, 0.1) is 0 Å². The average Bonchev–Trinajstić information content (AvgIpc) is 2.58. The highest BCUT2D eigenvalue weighted by Gasteiger charge is 2.28. The highest BCUT2D eigenvalue weighted by Crippen LogP contribution is 2.34. The second-order valence-electron chi connectivity index (χ2n) is 6.54. The van der Waals surface area contributed by atoms with Gasteiger partial charge in [-0.1, -0.05) is 24.3 Å². The molecule has 0 saturated carbocycles. The van der Waals surface area contributed by atoms with Crippen LogP contribution in [-0.4, -0.2) is 33.6 Å². The molecular formula is C18H20N4O2. The lowest BCUT2D eigenvalue weighted by Crippen LogP contribution is -2.46. The summed E-state index contributed by atoms with van der Waals surface area (Å²) in [4.78, 5) is 30.5. The number of hydrogen-bond donors (Lipinski definition) is 1. The summed E-state index contributed by atoms with van der Waals surface area (Å²) >= 11 is 0. The van der Waals surface area contributed by atoms with E-state index in [1.165, 1.54) is 22.0 Å². The number of aromatic nitrogens is 2. The summed E-state index contributed by atoms with van der Waals surface area (Å²) < 4.78 is 1.49. The Morgan fingerprint density at radius 2 is 2.21 bits per heavy atom. The van der Waals surface area contributed by atoms with Crippen molar-refractivity contribution < 1.29 is 4.79 Å². The van der Waals surface area contributed by atoms with Crippen molar-refractivity contribution in [2.75, 3.05) is 13.1 Å². The van der Waals surface area contributed by atoms with E-state index in [4.69, 9.17) is 0 Å². The van der Waals surface area contributed by atoms with Gasteiger partial charge in [-0.15, -0.1) is 0 Å². The van der Waals surface area contributed by atoms with E-state index in [1.807, 2.05) is 6.07 Å². The van der Waals surface area contributed by atoms with Gasteiger partial charge in [0.05, 0.1) is 18.6 Å². The molecule has 0 fully saturated rings. The van der Waals surface area contributed by atoms with E-state index < -0.39 is 0 Å². The number of amides is 2. The molecule has 124 valence electrons. The Labute approximate surface area is 140 Å². The van der Waals surface area contributed by atoms with Crippen LogP contribution in [0.5, 0.6) is 0 Å². The molecule has 4 rings (SSSR count). The molecule has 1 unspecified atom stereocenters. The third-order valence-electron chi connectivity index (χ3n) is 5.03. The molecule has 24 heavy (non-hydrogen) atoms. The number of nitrogens with one attached hydrogen (secondary N) is 1. The maximum absolute atomic E-state index is 12.4. The molecule has 2 aromatic rings. The van der Waals surface area contributed by atoms with Crippen molar-refractivity contribution in [1.29, 1.82) is 0 Å². The van der Waals surface area contributed by atoms with Crippen molar-refractivity contribution in [1.82, 2.24) is 19.8 Å². The van der Waals surface area contributed by atoms with Crippen molar-refractivity contribution in [2.45, 2.75) is 25.3 Å². The molecule has 0 radical (unpaired) electrons. The molecule has 1 N–H and O–H groups in total. The maximum atomic E-state index is 12.4. The van der Waals surface area contributed by atoms with E-state index in [2.05, 4.69) is 28.5 Å². The van der Waals surface area contributed by atoms with Crippen LogP contribution in [0.1, 0.15) is 28.3 Å². The number of urea groups is 1. The van der Waals surface area contributed by atoms with E-state index in [-0.39, 0.29) is 11.6 Å². The van der Waals surface area contributed by atoms with Crippen LogP contribution in [-0.2, 0) is 26.4 Å². The number of carbonyl (C=O) groups excluding carboxylic acids is 1. The minimum Gasteiger partial charge on any atom is -0.337 e. The van der Waals surface area contributed by atoms with E-state index in [9.17, 15) is 9.59 Å². The molecule has 2 heterocycles. The van der Waals surface area contributed by atoms with Crippen LogP contribution in [0.2, 0.25) is 0 Å². The zero-order valence-electron chi connectivity index (χ0n) is 13.7. The first-order valence-electron chi connectivity index (χ1n) is 8.27. The maximum Gasteiger partial charge on any atom is 0.317 e. The first-order chi connectivity index (χ1) is 11.6. The van der Waals surface area contributed by atoms with Gasteiger partial charge < -0.3 is 14.8 Å². The van der Waals surface area contributed by atoms with E-state index in [0.717, 1.165) is 12.0 Å². The summed E-state index contributed by atoms with van der Waals surface area (Å²) in [5.41, 5.74) is 4.16. The molecule has 2 aliphatic rings. The van der Waals surface area contributed by atoms with Gasteiger partial charge in [0.15, 0.2) is 0 Å². The normalized spacial score (nSPS) is 18.4. The number of aryl methyl sites for hydroxylation is 1. The second-order valence-corrected chi connectivity index (χ2v) is 6.54. The Morgan fingerprint density at radius 3 is 3.04 bits per heavy atom. The molecule has 0 saturated heterocycles. The Kier molecular flexibility index (Phi) is 3.59. The van der Waals surface area contributed by atoms with Gasteiger partial charge >= 0.3 is 6.03 Å². The Bertz CT molecular complexity index is 858. The van der Waals surface area contributed by atoms with Crippen molar-refractivity contribution in [2.24, 2.45) is 7.05 Å². The van der Waals surface area contributed by atoms with Crippen molar-refractivity contribution >= 4 is 6.03 Å². The minimum absolute atomic E-state index is 0.00821. The standard InChI is InChI=1S/C18H20N4O2/c1-21-11-20-16-10-22(7-6-15(16)17(21)23)18(24)19-9-13-8-12-4-2-3-5-14(12)13/h2-5,11,13H,6-10H2,1H3,(H,19,24). The monoisotopic (exact) mass is 324 g/mol. The molecule has 2 amide bonds. The fraction of sp³-hybridized carbons (Fsp3) is 0.389. The molecule has 6 heteroatoms. The molecule has 1 aromatic heterocycles. The van der Waals surface area contributed by atoms with Gasteiger partial charge in [0.1, 0.15) is 0 Å². The van der Waals surface area contributed by atoms with Crippen LogP contribution in [0.15, 0.2) is 35.4 Å². The van der Waals surface area contributed by atoms with Crippen LogP contribution < -0.4 is 10.9 Å². The topological polar surface area (TPSA) is 67.2 Å². The highest BCUT2D eigenvalue weighted by molar-refractivity contribution is 5.74. The number of benzene rings is 1. The fourth-order valence-electron chi connectivity index (χ4n) is 3.56. The lowest BCUT2D eigenvalue weighted by atomic mass is 9.78. The summed E-state index contributed by atoms with van der Waals surface area (Å²) in [5, 5.41) is 3.03. The molecule has 0 bridgehead atoms. The SMILES string of the molecule is Cn1cnc2c(c1=O)CCN(C(=O)NCC1Cc3ccccc31)C2. The number of fused-ring (bicyclic) bond motifs is 2. The van der Waals surface area contributed by atoms with Gasteiger partial charge in [0.2, 0.25) is 0 Å². The van der Waals surface area contributed by atoms with Crippen LogP contribution in [0.25, 0.3) is 0 Å². The highest BCUT2D eigenvalue weighted by atomic mass is 16.2. The number of hydrogen-bond acceptors (Lipinski definition) is 3. The first-order valence-corrected chi connectivity index (χ1v) is 8.27. The number of carbonyl (C=O) groups is 1. The summed E-state index contributed by atoms with van der Waals surface area (Å²) in [6, 6.07) is 8.29. The molecule has 1 aliphatic heterocycles. The fourth-order valence-corrected chi connectivity index (χ4v) is 3.56. The van der Waals surface area contributed by atoms with E-state index in [0.29, 0.717) is 37.7 Å². The van der Waals surface area contributed by atoms with Gasteiger partial charge in [-0.05, 0) is 24.0 Å². The van der Waals surface area contributed by atoms with Gasteiger partial charge in [-0.2, -0.15) is 0 Å². The third kappa shape index (κ3) is 2.48. The molecule has 6 nitrogen and oxygen atoms in total. The Balaban J connectivity index is 1.38. The van der Waals surface area contributed by atoms with Gasteiger partial charge in [0, 0.05) is 31.6 Å². The van der Waals surface area contributed by atoms with Crippen molar-refractivity contribution in [3.8, 4) is 0 Å². The van der Waals surface area contributed by atoms with Gasteiger partial charge in [-0.25, -0.2) is 9.78 Å². The summed E-state index contributed by atoms with van der Waals surface area (Å²) in [7, 11) is 1.70. The smallest absolute Gasteiger partial charge is 0.317 e. The Morgan fingerprint density at radius 1 is 1.38 bits per heavy atom. The predicted molar refractivity (Wildman–Crippen MR) is 89.9 cm³/mol. The largest absolute Gasteiger partial charge is 0.337 e. The summed E-state index contributed by atoms with van der Waals surface area (Å²) in [5.74, 6) is 0.410. The lowest BCUT2D eigenvalue weighted by Gasteiger charge is -2.32. The molecule has 1 aliphatic carbocycles. The summed E-state index contributed by atoms with van der Waals surface area (Å²) in [6.45, 7) is 1.61. The minimum atomic E-state index is -0.0764. The predicted octanol–water partition coefficient (Wildman–Crippen LogP) is 1.19. The zero-order chi connectivity index (χ0) is 16.7. The van der Waals surface area contributed by atoms with Gasteiger partial charge in [0.25, 0.3) is 5.56 Å². The van der Waals surface area contributed by atoms with Crippen LogP contribution >= 0.6 is 0 Å². The van der Waals surface area contributed by atoms with Crippen molar-refractivity contribution in [3.63, 3.8) is 0 Å². The number of rotatable bonds is 2. The summed E-state index contributed by atoms with van der Waals surface area (Å²) in [6.07, 6.45) is 3.11. The van der Waals surface area contributed by atoms with Gasteiger partial charge in [-0.3, -0.25) is 4.79 Å². The second kappa shape index (κ2) is 5.78. The van der Waals surface area contributed by atoms with Crippen LogP contribution in [0.4, 0.5) is 4.79 Å².